The largest absolute Gasteiger partial charge is 0.479 e. The molecule has 0 unspecified atom stereocenters. The molecule has 120 valence electrons. The fourth-order valence-corrected chi connectivity index (χ4v) is 3.62. The first-order chi connectivity index (χ1) is 11.1. The van der Waals surface area contributed by atoms with Crippen LogP contribution in [0.5, 0.6) is 0 Å². The minimum Gasteiger partial charge on any atom is -0.479 e. The second-order valence-electron chi connectivity index (χ2n) is 6.29. The lowest BCUT2D eigenvalue weighted by Crippen LogP contribution is -2.56. The van der Waals surface area contributed by atoms with Gasteiger partial charge >= 0.3 is 5.97 Å². The second-order valence-corrected chi connectivity index (χ2v) is 6.29. The van der Waals surface area contributed by atoms with Gasteiger partial charge in [0, 0.05) is 12.6 Å². The number of amides is 1. The molecule has 4 nitrogen and oxygen atoms in total. The Hall–Kier alpha value is -2.36. The topological polar surface area (TPSA) is 57.6 Å². The van der Waals surface area contributed by atoms with Crippen LogP contribution in [0.25, 0.3) is 10.8 Å². The van der Waals surface area contributed by atoms with E-state index in [1.807, 2.05) is 36.4 Å². The Morgan fingerprint density at radius 1 is 1.00 bits per heavy atom. The average molecular weight is 311 g/mol. The Balaban J connectivity index is 2.02. The number of carbonyl (C=O) groups excluding carboxylic acids is 1. The monoisotopic (exact) mass is 311 g/mol. The van der Waals surface area contributed by atoms with Crippen LogP contribution in [0.3, 0.4) is 0 Å². The summed E-state index contributed by atoms with van der Waals surface area (Å²) in [5, 5.41) is 11.6. The molecule has 0 atom stereocenters. The summed E-state index contributed by atoms with van der Waals surface area (Å²) in [5.41, 5.74) is -0.511. The Bertz CT molecular complexity index is 742. The lowest BCUT2D eigenvalue weighted by atomic mass is 9.80. The third kappa shape index (κ3) is 2.58. The molecule has 3 rings (SSSR count). The van der Waals surface area contributed by atoms with Crippen LogP contribution >= 0.6 is 0 Å². The molecule has 0 radical (unpaired) electrons. The normalized spacial score (nSPS) is 16.9. The molecule has 1 aliphatic rings. The van der Waals surface area contributed by atoms with Gasteiger partial charge in [0.1, 0.15) is 5.54 Å². The molecule has 1 amide bonds. The van der Waals surface area contributed by atoms with E-state index in [-0.39, 0.29) is 5.91 Å². The Labute approximate surface area is 135 Å². The number of fused-ring (bicyclic) bond motifs is 1. The fraction of sp³-hybridized carbons (Fsp3) is 0.368. The number of nitrogens with zero attached hydrogens (tertiary/aromatic N) is 1. The lowest BCUT2D eigenvalue weighted by molar-refractivity contribution is -0.151. The standard InChI is InChI=1S/C19H21NO3/c1-20(19(18(22)23)12-5-2-6-13-19)17(21)16-11-7-9-14-8-3-4-10-15(14)16/h3-4,7-11H,2,5-6,12-13H2,1H3,(H,22,23). The molecule has 0 spiro atoms. The van der Waals surface area contributed by atoms with Gasteiger partial charge in [-0.2, -0.15) is 0 Å². The highest BCUT2D eigenvalue weighted by Gasteiger charge is 2.45. The SMILES string of the molecule is CN(C(=O)c1cccc2ccccc12)C1(C(=O)O)CCCCC1. The number of likely N-dealkylation sites (N-methyl/N-ethyl adjacent to an activating group) is 1. The van der Waals surface area contributed by atoms with Gasteiger partial charge in [-0.25, -0.2) is 4.79 Å². The van der Waals surface area contributed by atoms with Crippen molar-refractivity contribution in [2.75, 3.05) is 7.05 Å². The van der Waals surface area contributed by atoms with E-state index in [1.54, 1.807) is 13.1 Å². The van der Waals surface area contributed by atoms with E-state index in [4.69, 9.17) is 0 Å². The molecule has 1 N–H and O–H groups in total. The van der Waals surface area contributed by atoms with Crippen LogP contribution in [0.2, 0.25) is 0 Å². The number of aliphatic carboxylic acids is 1. The van der Waals surface area contributed by atoms with Crippen LogP contribution in [-0.4, -0.2) is 34.5 Å². The predicted octanol–water partition coefficient (Wildman–Crippen LogP) is 3.70. The quantitative estimate of drug-likeness (QED) is 0.940. The molecule has 0 saturated heterocycles. The van der Waals surface area contributed by atoms with Gasteiger partial charge in [0.05, 0.1) is 0 Å². The minimum absolute atomic E-state index is 0.217. The average Bonchev–Trinajstić information content (AvgIpc) is 2.60. The number of benzene rings is 2. The third-order valence-corrected chi connectivity index (χ3v) is 5.05. The number of carboxylic acids is 1. The minimum atomic E-state index is -1.08. The van der Waals surface area contributed by atoms with Crippen molar-refractivity contribution in [3.8, 4) is 0 Å². The Morgan fingerprint density at radius 3 is 2.35 bits per heavy atom. The van der Waals surface area contributed by atoms with E-state index >= 15 is 0 Å². The first kappa shape index (κ1) is 15.5. The highest BCUT2D eigenvalue weighted by atomic mass is 16.4. The third-order valence-electron chi connectivity index (χ3n) is 5.05. The molecular weight excluding hydrogens is 290 g/mol. The smallest absolute Gasteiger partial charge is 0.329 e. The molecule has 1 saturated carbocycles. The van der Waals surface area contributed by atoms with Gasteiger partial charge in [0.15, 0.2) is 0 Å². The second kappa shape index (κ2) is 6.03. The summed E-state index contributed by atoms with van der Waals surface area (Å²) in [6.45, 7) is 0. The molecule has 0 bridgehead atoms. The molecule has 2 aromatic carbocycles. The maximum Gasteiger partial charge on any atom is 0.329 e. The molecule has 1 fully saturated rings. The summed E-state index contributed by atoms with van der Waals surface area (Å²) in [4.78, 5) is 26.4. The van der Waals surface area contributed by atoms with Gasteiger partial charge in [0.25, 0.3) is 5.91 Å². The Kier molecular flexibility index (Phi) is 4.07. The summed E-state index contributed by atoms with van der Waals surface area (Å²) in [6.07, 6.45) is 3.77. The molecule has 1 aliphatic carbocycles. The van der Waals surface area contributed by atoms with Crippen molar-refractivity contribution < 1.29 is 14.7 Å². The number of hydrogen-bond acceptors (Lipinski definition) is 2. The van der Waals surface area contributed by atoms with Crippen molar-refractivity contribution in [3.63, 3.8) is 0 Å². The van der Waals surface area contributed by atoms with Gasteiger partial charge in [0.2, 0.25) is 0 Å². The molecule has 2 aromatic rings. The van der Waals surface area contributed by atoms with Gasteiger partial charge in [-0.1, -0.05) is 55.7 Å². The highest BCUT2D eigenvalue weighted by Crippen LogP contribution is 2.34. The zero-order valence-corrected chi connectivity index (χ0v) is 13.3. The summed E-state index contributed by atoms with van der Waals surface area (Å²) >= 11 is 0. The number of carbonyl (C=O) groups is 2. The van der Waals surface area contributed by atoms with Crippen LogP contribution in [-0.2, 0) is 4.79 Å². The first-order valence-electron chi connectivity index (χ1n) is 8.05. The number of hydrogen-bond donors (Lipinski definition) is 1. The molecule has 23 heavy (non-hydrogen) atoms. The van der Waals surface area contributed by atoms with Crippen LogP contribution in [0.15, 0.2) is 42.5 Å². The summed E-state index contributed by atoms with van der Waals surface area (Å²) in [5.74, 6) is -1.11. The van der Waals surface area contributed by atoms with E-state index < -0.39 is 11.5 Å². The molecular formula is C19H21NO3. The number of rotatable bonds is 3. The zero-order valence-electron chi connectivity index (χ0n) is 13.3. The van der Waals surface area contributed by atoms with E-state index in [9.17, 15) is 14.7 Å². The summed E-state index contributed by atoms with van der Waals surface area (Å²) in [7, 11) is 1.63. The van der Waals surface area contributed by atoms with Crippen molar-refractivity contribution in [2.45, 2.75) is 37.6 Å². The molecule has 0 aromatic heterocycles. The Morgan fingerprint density at radius 2 is 1.65 bits per heavy atom. The van der Waals surface area contributed by atoms with Crippen molar-refractivity contribution in [1.82, 2.24) is 4.90 Å². The van der Waals surface area contributed by atoms with E-state index in [0.29, 0.717) is 18.4 Å². The lowest BCUT2D eigenvalue weighted by Gasteiger charge is -2.41. The van der Waals surface area contributed by atoms with Crippen molar-refractivity contribution in [3.05, 3.63) is 48.0 Å². The van der Waals surface area contributed by atoms with Gasteiger partial charge < -0.3 is 10.0 Å². The van der Waals surface area contributed by atoms with Gasteiger partial charge in [-0.05, 0) is 29.7 Å². The van der Waals surface area contributed by atoms with Crippen LogP contribution in [0, 0.1) is 0 Å². The van der Waals surface area contributed by atoms with E-state index in [2.05, 4.69) is 0 Å². The summed E-state index contributed by atoms with van der Waals surface area (Å²) < 4.78 is 0. The van der Waals surface area contributed by atoms with Gasteiger partial charge in [-0.15, -0.1) is 0 Å². The number of carboxylic acid groups (broad SMARTS) is 1. The van der Waals surface area contributed by atoms with Crippen LogP contribution in [0.4, 0.5) is 0 Å². The van der Waals surface area contributed by atoms with Crippen LogP contribution < -0.4 is 0 Å². The molecule has 4 heteroatoms. The first-order valence-corrected chi connectivity index (χ1v) is 8.05. The summed E-state index contributed by atoms with van der Waals surface area (Å²) in [6, 6.07) is 13.3. The van der Waals surface area contributed by atoms with E-state index in [0.717, 1.165) is 30.0 Å². The van der Waals surface area contributed by atoms with Crippen molar-refractivity contribution in [2.24, 2.45) is 0 Å². The van der Waals surface area contributed by atoms with E-state index in [1.165, 1.54) is 4.90 Å². The predicted molar refractivity (Wildman–Crippen MR) is 89.5 cm³/mol. The zero-order chi connectivity index (χ0) is 16.4. The molecule has 0 heterocycles. The maximum absolute atomic E-state index is 13.0. The molecule has 0 aliphatic heterocycles. The van der Waals surface area contributed by atoms with Crippen LogP contribution in [0.1, 0.15) is 42.5 Å². The fourth-order valence-electron chi connectivity index (χ4n) is 3.62. The van der Waals surface area contributed by atoms with Crippen molar-refractivity contribution >= 4 is 22.6 Å². The highest BCUT2D eigenvalue weighted by molar-refractivity contribution is 6.08. The van der Waals surface area contributed by atoms with Gasteiger partial charge in [-0.3, -0.25) is 4.79 Å². The van der Waals surface area contributed by atoms with Crippen molar-refractivity contribution in [1.29, 1.82) is 0 Å². The maximum atomic E-state index is 13.0.